The van der Waals surface area contributed by atoms with Gasteiger partial charge in [-0.1, -0.05) is 11.6 Å². The van der Waals surface area contributed by atoms with Crippen molar-refractivity contribution in [3.63, 3.8) is 0 Å². The molecule has 5 nitrogen and oxygen atoms in total. The zero-order chi connectivity index (χ0) is 13.4. The second-order valence-electron chi connectivity index (χ2n) is 5.26. The van der Waals surface area contributed by atoms with Crippen LogP contribution in [0.15, 0.2) is 18.2 Å². The zero-order valence-corrected chi connectivity index (χ0v) is 11.3. The average Bonchev–Trinajstić information content (AvgIpc) is 2.69. The first-order valence-corrected chi connectivity index (χ1v) is 6.96. The van der Waals surface area contributed by atoms with Gasteiger partial charge >= 0.3 is 0 Å². The Morgan fingerprint density at radius 1 is 1.32 bits per heavy atom. The highest BCUT2D eigenvalue weighted by molar-refractivity contribution is 6.30. The molecule has 1 N–H and O–H groups in total. The van der Waals surface area contributed by atoms with E-state index in [1.54, 1.807) is 12.1 Å². The van der Waals surface area contributed by atoms with E-state index in [0.29, 0.717) is 22.8 Å². The van der Waals surface area contributed by atoms with Gasteiger partial charge in [-0.05, 0) is 31.4 Å². The van der Waals surface area contributed by atoms with Gasteiger partial charge in [-0.3, -0.25) is 10.1 Å². The van der Waals surface area contributed by atoms with Crippen LogP contribution in [0.5, 0.6) is 0 Å². The molecule has 2 aliphatic rings. The van der Waals surface area contributed by atoms with Gasteiger partial charge in [0.1, 0.15) is 5.69 Å². The van der Waals surface area contributed by atoms with Gasteiger partial charge in [-0.25, -0.2) is 0 Å². The Labute approximate surface area is 116 Å². The van der Waals surface area contributed by atoms with Crippen LogP contribution >= 0.6 is 11.6 Å². The molecule has 1 aromatic carbocycles. The number of nitrogens with one attached hydrogen (secondary N) is 1. The highest BCUT2D eigenvalue weighted by atomic mass is 35.5. The van der Waals surface area contributed by atoms with E-state index in [2.05, 4.69) is 10.2 Å². The summed E-state index contributed by atoms with van der Waals surface area (Å²) < 4.78 is 0. The van der Waals surface area contributed by atoms with Gasteiger partial charge in [0.15, 0.2) is 0 Å². The minimum absolute atomic E-state index is 0.102. The summed E-state index contributed by atoms with van der Waals surface area (Å²) in [7, 11) is 0. The summed E-state index contributed by atoms with van der Waals surface area (Å²) in [6, 6.07) is 5.94. The van der Waals surface area contributed by atoms with Crippen LogP contribution < -0.4 is 10.2 Å². The third kappa shape index (κ3) is 2.53. The normalized spacial score (nSPS) is 26.3. The Balaban J connectivity index is 1.91. The standard InChI is InChI=1S/C13H16ClN3O2/c14-9-1-4-12(13(7-9)17(18)19)16-6-5-10-2-3-11(8-16)15-10/h1,4,7,10-11,15H,2-3,5-6,8H2. The maximum Gasteiger partial charge on any atom is 0.294 e. The summed E-state index contributed by atoms with van der Waals surface area (Å²) in [6.45, 7) is 1.69. The molecule has 2 bridgehead atoms. The number of benzene rings is 1. The van der Waals surface area contributed by atoms with E-state index >= 15 is 0 Å². The number of nitrogens with zero attached hydrogens (tertiary/aromatic N) is 2. The Hall–Kier alpha value is -1.33. The van der Waals surface area contributed by atoms with Crippen LogP contribution in [0.4, 0.5) is 11.4 Å². The lowest BCUT2D eigenvalue weighted by atomic mass is 10.1. The van der Waals surface area contributed by atoms with Crippen LogP contribution in [0, 0.1) is 10.1 Å². The number of fused-ring (bicyclic) bond motifs is 2. The van der Waals surface area contributed by atoms with Crippen molar-refractivity contribution in [2.45, 2.75) is 31.3 Å². The van der Waals surface area contributed by atoms with E-state index in [0.717, 1.165) is 25.9 Å². The molecule has 0 amide bonds. The summed E-state index contributed by atoms with van der Waals surface area (Å²) in [4.78, 5) is 12.9. The molecule has 2 unspecified atom stereocenters. The number of halogens is 1. The summed E-state index contributed by atoms with van der Waals surface area (Å²) in [5.41, 5.74) is 0.786. The van der Waals surface area contributed by atoms with Crippen LogP contribution in [-0.2, 0) is 0 Å². The minimum atomic E-state index is -0.349. The molecule has 3 rings (SSSR count). The zero-order valence-electron chi connectivity index (χ0n) is 10.5. The lowest BCUT2D eigenvalue weighted by molar-refractivity contribution is -0.384. The van der Waals surface area contributed by atoms with Crippen molar-refractivity contribution in [1.29, 1.82) is 0 Å². The molecule has 2 heterocycles. The second kappa shape index (κ2) is 4.98. The van der Waals surface area contributed by atoms with Crippen molar-refractivity contribution in [3.8, 4) is 0 Å². The highest BCUT2D eigenvalue weighted by Gasteiger charge is 2.31. The maximum atomic E-state index is 11.2. The quantitative estimate of drug-likeness (QED) is 0.669. The number of anilines is 1. The molecule has 2 aliphatic heterocycles. The molecule has 19 heavy (non-hydrogen) atoms. The van der Waals surface area contributed by atoms with Crippen LogP contribution in [0.1, 0.15) is 19.3 Å². The van der Waals surface area contributed by atoms with Crippen LogP contribution in [0.3, 0.4) is 0 Å². The third-order valence-corrected chi connectivity index (χ3v) is 4.23. The fourth-order valence-electron chi connectivity index (χ4n) is 3.07. The van der Waals surface area contributed by atoms with E-state index in [1.165, 1.54) is 12.5 Å². The Bertz CT molecular complexity index is 509. The molecule has 2 atom stereocenters. The summed E-state index contributed by atoms with van der Waals surface area (Å²) in [6.07, 6.45) is 3.42. The van der Waals surface area contributed by atoms with Gasteiger partial charge in [0.25, 0.3) is 5.69 Å². The number of nitro groups is 1. The fourth-order valence-corrected chi connectivity index (χ4v) is 3.24. The first-order valence-electron chi connectivity index (χ1n) is 6.58. The number of rotatable bonds is 2. The van der Waals surface area contributed by atoms with Crippen molar-refractivity contribution < 1.29 is 4.92 Å². The van der Waals surface area contributed by atoms with Gasteiger partial charge in [0, 0.05) is 36.3 Å². The van der Waals surface area contributed by atoms with Crippen LogP contribution in [0.25, 0.3) is 0 Å². The summed E-state index contributed by atoms with van der Waals surface area (Å²) >= 11 is 5.86. The van der Waals surface area contributed by atoms with Crippen molar-refractivity contribution in [2.24, 2.45) is 0 Å². The molecule has 6 heteroatoms. The molecule has 102 valence electrons. The Kier molecular flexibility index (Phi) is 3.33. The average molecular weight is 282 g/mol. The SMILES string of the molecule is O=[N+]([O-])c1cc(Cl)ccc1N1CCC2CCC(C1)N2. The summed E-state index contributed by atoms with van der Waals surface area (Å²) in [5, 5.41) is 15.1. The van der Waals surface area contributed by atoms with Crippen molar-refractivity contribution in [2.75, 3.05) is 18.0 Å². The lowest BCUT2D eigenvalue weighted by Gasteiger charge is -2.26. The molecule has 2 saturated heterocycles. The molecule has 0 radical (unpaired) electrons. The molecule has 0 saturated carbocycles. The fraction of sp³-hybridized carbons (Fsp3) is 0.538. The highest BCUT2D eigenvalue weighted by Crippen LogP contribution is 2.33. The number of nitro benzene ring substituents is 1. The van der Waals surface area contributed by atoms with Gasteiger partial charge in [-0.2, -0.15) is 0 Å². The Morgan fingerprint density at radius 3 is 2.89 bits per heavy atom. The largest absolute Gasteiger partial charge is 0.364 e. The van der Waals surface area contributed by atoms with E-state index in [-0.39, 0.29) is 10.6 Å². The molecular formula is C13H16ClN3O2. The molecule has 0 aliphatic carbocycles. The minimum Gasteiger partial charge on any atom is -0.364 e. The first kappa shape index (κ1) is 12.7. The molecular weight excluding hydrogens is 266 g/mol. The number of hydrogen-bond donors (Lipinski definition) is 1. The van der Waals surface area contributed by atoms with E-state index in [1.807, 2.05) is 0 Å². The predicted octanol–water partition coefficient (Wildman–Crippen LogP) is 2.58. The molecule has 2 fully saturated rings. The van der Waals surface area contributed by atoms with Crippen molar-refractivity contribution in [1.82, 2.24) is 5.32 Å². The smallest absolute Gasteiger partial charge is 0.294 e. The van der Waals surface area contributed by atoms with E-state index in [4.69, 9.17) is 11.6 Å². The van der Waals surface area contributed by atoms with Crippen molar-refractivity contribution in [3.05, 3.63) is 33.3 Å². The van der Waals surface area contributed by atoms with Crippen LogP contribution in [-0.4, -0.2) is 30.1 Å². The number of hydrogen-bond acceptors (Lipinski definition) is 4. The maximum absolute atomic E-state index is 11.2. The predicted molar refractivity (Wildman–Crippen MR) is 74.9 cm³/mol. The van der Waals surface area contributed by atoms with Gasteiger partial charge in [0.05, 0.1) is 4.92 Å². The van der Waals surface area contributed by atoms with Gasteiger partial charge < -0.3 is 10.2 Å². The Morgan fingerprint density at radius 2 is 2.11 bits per heavy atom. The molecule has 1 aromatic rings. The van der Waals surface area contributed by atoms with E-state index in [9.17, 15) is 10.1 Å². The topological polar surface area (TPSA) is 58.4 Å². The van der Waals surface area contributed by atoms with Crippen LogP contribution in [0.2, 0.25) is 5.02 Å². The molecule has 0 spiro atoms. The lowest BCUT2D eigenvalue weighted by Crippen LogP contribution is -2.35. The second-order valence-corrected chi connectivity index (χ2v) is 5.70. The summed E-state index contributed by atoms with van der Waals surface area (Å²) in [5.74, 6) is 0. The van der Waals surface area contributed by atoms with Gasteiger partial charge in [-0.15, -0.1) is 0 Å². The molecule has 0 aromatic heterocycles. The third-order valence-electron chi connectivity index (χ3n) is 4.00. The van der Waals surface area contributed by atoms with E-state index < -0.39 is 0 Å². The monoisotopic (exact) mass is 281 g/mol. The van der Waals surface area contributed by atoms with Crippen molar-refractivity contribution >= 4 is 23.0 Å². The first-order chi connectivity index (χ1) is 9.13. The van der Waals surface area contributed by atoms with Gasteiger partial charge in [0.2, 0.25) is 0 Å².